The molecule has 29 heavy (non-hydrogen) atoms. The lowest BCUT2D eigenvalue weighted by Gasteiger charge is -2.09. The summed E-state index contributed by atoms with van der Waals surface area (Å²) in [7, 11) is 1.65. The predicted molar refractivity (Wildman–Crippen MR) is 110 cm³/mol. The van der Waals surface area contributed by atoms with E-state index in [2.05, 4.69) is 20.8 Å². The summed E-state index contributed by atoms with van der Waals surface area (Å²) in [4.78, 5) is 12.2. The van der Waals surface area contributed by atoms with Crippen LogP contribution in [0.2, 0.25) is 0 Å². The molecule has 0 saturated carbocycles. The second-order valence-electron chi connectivity index (χ2n) is 6.42. The van der Waals surface area contributed by atoms with Gasteiger partial charge in [-0.1, -0.05) is 30.3 Å². The van der Waals surface area contributed by atoms with E-state index in [1.807, 2.05) is 24.3 Å². The van der Waals surface area contributed by atoms with Crippen molar-refractivity contribution in [1.82, 2.24) is 15.5 Å². The minimum Gasteiger partial charge on any atom is -0.496 e. The SMILES string of the molecule is COc1ccccc1CCNc1ccc(C(=O)NCCc2ccc(F)cc2)nn1. The average molecular weight is 394 g/mol. The number of carbonyl (C=O) groups excluding carboxylic acids is 1. The summed E-state index contributed by atoms with van der Waals surface area (Å²) in [5.74, 6) is 0.889. The number of methoxy groups -OCH3 is 1. The van der Waals surface area contributed by atoms with Crippen LogP contribution in [-0.2, 0) is 12.8 Å². The zero-order chi connectivity index (χ0) is 20.5. The van der Waals surface area contributed by atoms with Gasteiger partial charge in [-0.2, -0.15) is 0 Å². The Morgan fingerprint density at radius 3 is 2.48 bits per heavy atom. The molecule has 0 spiro atoms. The third-order valence-corrected chi connectivity index (χ3v) is 4.40. The van der Waals surface area contributed by atoms with Crippen molar-refractivity contribution >= 4 is 11.7 Å². The van der Waals surface area contributed by atoms with Gasteiger partial charge in [-0.25, -0.2) is 4.39 Å². The fraction of sp³-hybridized carbons (Fsp3) is 0.227. The standard InChI is InChI=1S/C22H23FN4O2/c1-29-20-5-3-2-4-17(20)13-15-24-21-11-10-19(26-27-21)22(28)25-14-12-16-6-8-18(23)9-7-16/h2-11H,12-15H2,1H3,(H,24,27)(H,25,28). The molecule has 0 saturated heterocycles. The minimum absolute atomic E-state index is 0.249. The zero-order valence-electron chi connectivity index (χ0n) is 16.2. The van der Waals surface area contributed by atoms with Crippen molar-refractivity contribution in [3.05, 3.63) is 83.3 Å². The number of aromatic nitrogens is 2. The molecule has 3 rings (SSSR count). The molecular formula is C22H23FN4O2. The smallest absolute Gasteiger partial charge is 0.271 e. The van der Waals surface area contributed by atoms with Gasteiger partial charge in [-0.05, 0) is 54.3 Å². The normalized spacial score (nSPS) is 10.4. The summed E-state index contributed by atoms with van der Waals surface area (Å²) in [6, 6.07) is 17.4. The molecule has 0 fully saturated rings. The molecule has 150 valence electrons. The number of para-hydroxylation sites is 1. The summed E-state index contributed by atoms with van der Waals surface area (Å²) in [5.41, 5.74) is 2.30. The lowest BCUT2D eigenvalue weighted by molar-refractivity contribution is 0.0948. The van der Waals surface area contributed by atoms with E-state index in [-0.39, 0.29) is 17.4 Å². The van der Waals surface area contributed by atoms with Crippen LogP contribution >= 0.6 is 0 Å². The summed E-state index contributed by atoms with van der Waals surface area (Å²) in [6.45, 7) is 1.10. The molecule has 0 bridgehead atoms. The van der Waals surface area contributed by atoms with E-state index in [9.17, 15) is 9.18 Å². The first-order chi connectivity index (χ1) is 14.2. The summed E-state index contributed by atoms with van der Waals surface area (Å²) < 4.78 is 18.2. The Bertz CT molecular complexity index is 930. The number of nitrogens with zero attached hydrogens (tertiary/aromatic N) is 2. The second kappa shape index (κ2) is 10.2. The van der Waals surface area contributed by atoms with Crippen LogP contribution in [0, 0.1) is 5.82 Å². The molecule has 0 atom stereocenters. The van der Waals surface area contributed by atoms with Gasteiger partial charge in [0.25, 0.3) is 5.91 Å². The Kier molecular flexibility index (Phi) is 7.10. The second-order valence-corrected chi connectivity index (χ2v) is 6.42. The zero-order valence-corrected chi connectivity index (χ0v) is 16.2. The minimum atomic E-state index is -0.291. The van der Waals surface area contributed by atoms with Crippen molar-refractivity contribution in [2.24, 2.45) is 0 Å². The first-order valence-corrected chi connectivity index (χ1v) is 9.38. The number of anilines is 1. The van der Waals surface area contributed by atoms with Crippen molar-refractivity contribution in [3.8, 4) is 5.75 Å². The van der Waals surface area contributed by atoms with E-state index < -0.39 is 0 Å². The molecule has 1 heterocycles. The topological polar surface area (TPSA) is 76.1 Å². The lowest BCUT2D eigenvalue weighted by Crippen LogP contribution is -2.26. The van der Waals surface area contributed by atoms with Gasteiger partial charge in [-0.3, -0.25) is 4.79 Å². The number of ether oxygens (including phenoxy) is 1. The maximum atomic E-state index is 12.9. The van der Waals surface area contributed by atoms with Crippen molar-refractivity contribution in [3.63, 3.8) is 0 Å². The van der Waals surface area contributed by atoms with Crippen LogP contribution in [-0.4, -0.2) is 36.3 Å². The van der Waals surface area contributed by atoms with Crippen LogP contribution in [0.5, 0.6) is 5.75 Å². The van der Waals surface area contributed by atoms with Crippen LogP contribution in [0.15, 0.2) is 60.7 Å². The first kappa shape index (κ1) is 20.3. The van der Waals surface area contributed by atoms with Crippen LogP contribution in [0.1, 0.15) is 21.6 Å². The Balaban J connectivity index is 1.44. The Hall–Kier alpha value is -3.48. The third-order valence-electron chi connectivity index (χ3n) is 4.40. The molecule has 1 amide bonds. The molecule has 0 unspecified atom stereocenters. The highest BCUT2D eigenvalue weighted by molar-refractivity contribution is 5.92. The number of nitrogens with one attached hydrogen (secondary N) is 2. The molecule has 0 aliphatic rings. The highest BCUT2D eigenvalue weighted by Crippen LogP contribution is 2.17. The Morgan fingerprint density at radius 1 is 0.966 bits per heavy atom. The molecule has 0 aliphatic heterocycles. The van der Waals surface area contributed by atoms with Crippen molar-refractivity contribution in [2.45, 2.75) is 12.8 Å². The maximum Gasteiger partial charge on any atom is 0.271 e. The highest BCUT2D eigenvalue weighted by Gasteiger charge is 2.08. The predicted octanol–water partition coefficient (Wildman–Crippen LogP) is 3.25. The molecule has 0 radical (unpaired) electrons. The van der Waals surface area contributed by atoms with Crippen molar-refractivity contribution in [2.75, 3.05) is 25.5 Å². The van der Waals surface area contributed by atoms with E-state index >= 15 is 0 Å². The number of hydrogen-bond acceptors (Lipinski definition) is 5. The highest BCUT2D eigenvalue weighted by atomic mass is 19.1. The lowest BCUT2D eigenvalue weighted by atomic mass is 10.1. The summed E-state index contributed by atoms with van der Waals surface area (Å²) in [5, 5.41) is 14.0. The van der Waals surface area contributed by atoms with E-state index in [0.29, 0.717) is 25.3 Å². The molecule has 7 heteroatoms. The maximum absolute atomic E-state index is 12.9. The van der Waals surface area contributed by atoms with Gasteiger partial charge in [0.2, 0.25) is 0 Å². The average Bonchev–Trinajstić information content (AvgIpc) is 2.76. The van der Waals surface area contributed by atoms with Crippen LogP contribution < -0.4 is 15.4 Å². The molecule has 2 N–H and O–H groups in total. The fourth-order valence-corrected chi connectivity index (χ4v) is 2.84. The molecule has 1 aromatic heterocycles. The van der Waals surface area contributed by atoms with Crippen LogP contribution in [0.4, 0.5) is 10.2 Å². The van der Waals surface area contributed by atoms with Gasteiger partial charge in [0.05, 0.1) is 7.11 Å². The largest absolute Gasteiger partial charge is 0.496 e. The van der Waals surface area contributed by atoms with Crippen LogP contribution in [0.25, 0.3) is 0 Å². The van der Waals surface area contributed by atoms with Gasteiger partial charge in [0.15, 0.2) is 5.69 Å². The monoisotopic (exact) mass is 394 g/mol. The van der Waals surface area contributed by atoms with Gasteiger partial charge in [0, 0.05) is 13.1 Å². The molecule has 3 aromatic rings. The van der Waals surface area contributed by atoms with E-state index in [1.165, 1.54) is 12.1 Å². The first-order valence-electron chi connectivity index (χ1n) is 9.38. The van der Waals surface area contributed by atoms with E-state index in [1.54, 1.807) is 31.4 Å². The Labute approximate surface area is 169 Å². The van der Waals surface area contributed by atoms with E-state index in [0.717, 1.165) is 23.3 Å². The quantitative estimate of drug-likeness (QED) is 0.583. The van der Waals surface area contributed by atoms with Gasteiger partial charge in [-0.15, -0.1) is 10.2 Å². The molecule has 6 nitrogen and oxygen atoms in total. The number of halogens is 1. The number of amides is 1. The third kappa shape index (κ3) is 6.00. The fourth-order valence-electron chi connectivity index (χ4n) is 2.84. The van der Waals surface area contributed by atoms with Gasteiger partial charge >= 0.3 is 0 Å². The number of rotatable bonds is 9. The van der Waals surface area contributed by atoms with Crippen LogP contribution in [0.3, 0.4) is 0 Å². The van der Waals surface area contributed by atoms with Crippen molar-refractivity contribution < 1.29 is 13.9 Å². The molecule has 2 aromatic carbocycles. The summed E-state index contributed by atoms with van der Waals surface area (Å²) >= 11 is 0. The molecular weight excluding hydrogens is 371 g/mol. The van der Waals surface area contributed by atoms with E-state index in [4.69, 9.17) is 4.74 Å². The van der Waals surface area contributed by atoms with Gasteiger partial charge in [0.1, 0.15) is 17.4 Å². The number of hydrogen-bond donors (Lipinski definition) is 2. The number of benzene rings is 2. The summed E-state index contributed by atoms with van der Waals surface area (Å²) in [6.07, 6.45) is 1.39. The number of carbonyl (C=O) groups is 1. The Morgan fingerprint density at radius 2 is 1.76 bits per heavy atom. The van der Waals surface area contributed by atoms with Gasteiger partial charge < -0.3 is 15.4 Å². The van der Waals surface area contributed by atoms with Crippen molar-refractivity contribution in [1.29, 1.82) is 0 Å². The molecule has 0 aliphatic carbocycles.